The summed E-state index contributed by atoms with van der Waals surface area (Å²) in [6.45, 7) is 8.19. The number of aromatic nitrogens is 1. The number of ether oxygens (including phenoxy) is 2. The van der Waals surface area contributed by atoms with E-state index in [0.717, 1.165) is 5.82 Å². The SMILES string of the molecule is COc1ccc(C(=O)Nc2ccc(N3CCN(C(=O)OC(C)(C)C)CC3)[nH+]c2)cc1. The van der Waals surface area contributed by atoms with Crippen LogP contribution in [0.25, 0.3) is 0 Å². The fourth-order valence-corrected chi connectivity index (χ4v) is 3.09. The fourth-order valence-electron chi connectivity index (χ4n) is 3.09. The Kier molecular flexibility index (Phi) is 6.44. The first-order valence-electron chi connectivity index (χ1n) is 9.95. The van der Waals surface area contributed by atoms with Crippen molar-refractivity contribution in [3.8, 4) is 5.75 Å². The largest absolute Gasteiger partial charge is 0.497 e. The van der Waals surface area contributed by atoms with E-state index in [4.69, 9.17) is 9.47 Å². The second-order valence-corrected chi connectivity index (χ2v) is 8.10. The lowest BCUT2D eigenvalue weighted by atomic mass is 10.2. The third-order valence-corrected chi connectivity index (χ3v) is 4.68. The van der Waals surface area contributed by atoms with Crippen molar-refractivity contribution in [2.75, 3.05) is 43.5 Å². The molecule has 2 N–H and O–H groups in total. The molecule has 0 radical (unpaired) electrons. The summed E-state index contributed by atoms with van der Waals surface area (Å²) in [5, 5.41) is 2.87. The van der Waals surface area contributed by atoms with Crippen molar-refractivity contribution in [3.63, 3.8) is 0 Å². The van der Waals surface area contributed by atoms with Crippen molar-refractivity contribution >= 4 is 23.5 Å². The highest BCUT2D eigenvalue weighted by Gasteiger charge is 2.29. The van der Waals surface area contributed by atoms with E-state index in [1.165, 1.54) is 0 Å². The Morgan fingerprint density at radius 2 is 1.67 bits per heavy atom. The third kappa shape index (κ3) is 5.62. The maximum Gasteiger partial charge on any atom is 0.410 e. The maximum absolute atomic E-state index is 12.4. The van der Waals surface area contributed by atoms with Gasteiger partial charge in [-0.25, -0.2) is 9.78 Å². The lowest BCUT2D eigenvalue weighted by Gasteiger charge is -2.32. The van der Waals surface area contributed by atoms with Gasteiger partial charge in [-0.15, -0.1) is 0 Å². The number of nitrogens with zero attached hydrogens (tertiary/aromatic N) is 2. The van der Waals surface area contributed by atoms with Gasteiger partial charge in [-0.05, 0) is 51.1 Å². The minimum absolute atomic E-state index is 0.190. The van der Waals surface area contributed by atoms with E-state index in [-0.39, 0.29) is 12.0 Å². The molecule has 8 heteroatoms. The number of benzene rings is 1. The van der Waals surface area contributed by atoms with Crippen LogP contribution in [0.2, 0.25) is 0 Å². The topological polar surface area (TPSA) is 85.2 Å². The van der Waals surface area contributed by atoms with Crippen LogP contribution in [-0.2, 0) is 4.74 Å². The number of anilines is 2. The molecule has 1 fully saturated rings. The molecule has 2 heterocycles. The predicted molar refractivity (Wildman–Crippen MR) is 114 cm³/mol. The third-order valence-electron chi connectivity index (χ3n) is 4.68. The number of hydrogen-bond acceptors (Lipinski definition) is 5. The molecule has 0 spiro atoms. The van der Waals surface area contributed by atoms with Crippen molar-refractivity contribution < 1.29 is 24.0 Å². The minimum Gasteiger partial charge on any atom is -0.497 e. The summed E-state index contributed by atoms with van der Waals surface area (Å²) in [7, 11) is 1.59. The van der Waals surface area contributed by atoms with Gasteiger partial charge in [-0.1, -0.05) is 0 Å². The van der Waals surface area contributed by atoms with Gasteiger partial charge in [0.15, 0.2) is 0 Å². The number of pyridine rings is 1. The lowest BCUT2D eigenvalue weighted by molar-refractivity contribution is -0.363. The smallest absolute Gasteiger partial charge is 0.410 e. The zero-order valence-corrected chi connectivity index (χ0v) is 17.9. The minimum atomic E-state index is -0.492. The second kappa shape index (κ2) is 9.02. The molecule has 0 atom stereocenters. The van der Waals surface area contributed by atoms with E-state index in [0.29, 0.717) is 43.2 Å². The van der Waals surface area contributed by atoms with E-state index in [2.05, 4.69) is 15.2 Å². The van der Waals surface area contributed by atoms with Crippen LogP contribution in [0.5, 0.6) is 5.75 Å². The van der Waals surface area contributed by atoms with Gasteiger partial charge >= 0.3 is 6.09 Å². The Morgan fingerprint density at radius 3 is 2.20 bits per heavy atom. The van der Waals surface area contributed by atoms with Crippen LogP contribution >= 0.6 is 0 Å². The molecule has 30 heavy (non-hydrogen) atoms. The van der Waals surface area contributed by atoms with E-state index in [1.54, 1.807) is 42.5 Å². The zero-order valence-electron chi connectivity index (χ0n) is 17.9. The molecule has 160 valence electrons. The second-order valence-electron chi connectivity index (χ2n) is 8.10. The number of rotatable bonds is 4. The van der Waals surface area contributed by atoms with Gasteiger partial charge in [0, 0.05) is 11.6 Å². The molecule has 1 aromatic carbocycles. The van der Waals surface area contributed by atoms with Gasteiger partial charge in [-0.3, -0.25) is 9.69 Å². The summed E-state index contributed by atoms with van der Waals surface area (Å²) in [6.07, 6.45) is 1.49. The molecule has 0 aliphatic carbocycles. The van der Waals surface area contributed by atoms with Crippen LogP contribution < -0.4 is 19.9 Å². The van der Waals surface area contributed by atoms with Crippen molar-refractivity contribution in [1.82, 2.24) is 4.90 Å². The Bertz CT molecular complexity index is 868. The maximum atomic E-state index is 12.4. The fraction of sp³-hybridized carbons (Fsp3) is 0.409. The number of methoxy groups -OCH3 is 1. The molecule has 2 aromatic rings. The van der Waals surface area contributed by atoms with Crippen LogP contribution in [0.1, 0.15) is 31.1 Å². The number of carbonyl (C=O) groups is 2. The molecule has 8 nitrogen and oxygen atoms in total. The van der Waals surface area contributed by atoms with Crippen LogP contribution in [-0.4, -0.2) is 55.8 Å². The number of hydrogen-bond donors (Lipinski definition) is 1. The number of carbonyl (C=O) groups excluding carboxylic acids is 2. The lowest BCUT2D eigenvalue weighted by Crippen LogP contribution is -2.51. The molecule has 1 aliphatic heterocycles. The summed E-state index contributed by atoms with van der Waals surface area (Å²) in [5.41, 5.74) is 0.735. The normalized spacial score (nSPS) is 14.3. The molecule has 1 saturated heterocycles. The molecular weight excluding hydrogens is 384 g/mol. The van der Waals surface area contributed by atoms with Crippen molar-refractivity contribution in [3.05, 3.63) is 48.2 Å². The molecule has 1 aliphatic rings. The van der Waals surface area contributed by atoms with Gasteiger partial charge in [0.05, 0.1) is 25.9 Å². The quantitative estimate of drug-likeness (QED) is 0.833. The highest BCUT2D eigenvalue weighted by Crippen LogP contribution is 2.17. The van der Waals surface area contributed by atoms with Gasteiger partial charge in [-0.2, -0.15) is 0 Å². The highest BCUT2D eigenvalue weighted by molar-refractivity contribution is 6.04. The number of piperazine rings is 1. The molecule has 0 saturated carbocycles. The van der Waals surface area contributed by atoms with Crippen molar-refractivity contribution in [2.45, 2.75) is 26.4 Å². The van der Waals surface area contributed by atoms with Crippen LogP contribution in [0.4, 0.5) is 16.3 Å². The molecule has 0 unspecified atom stereocenters. The Balaban J connectivity index is 1.53. The first-order valence-corrected chi connectivity index (χ1v) is 9.95. The van der Waals surface area contributed by atoms with E-state index < -0.39 is 5.60 Å². The number of H-pyrrole nitrogens is 1. The summed E-state index contributed by atoms with van der Waals surface area (Å²) in [6, 6.07) is 10.7. The van der Waals surface area contributed by atoms with E-state index in [9.17, 15) is 9.59 Å². The number of nitrogens with one attached hydrogen (secondary N) is 2. The number of amides is 2. The summed E-state index contributed by atoms with van der Waals surface area (Å²) in [4.78, 5) is 31.7. The first kappa shape index (κ1) is 21.4. The number of aromatic amines is 1. The first-order chi connectivity index (χ1) is 14.2. The van der Waals surface area contributed by atoms with E-state index >= 15 is 0 Å². The van der Waals surface area contributed by atoms with Gasteiger partial charge in [0.25, 0.3) is 11.7 Å². The van der Waals surface area contributed by atoms with Gasteiger partial charge < -0.3 is 19.7 Å². The Hall–Kier alpha value is -3.29. The van der Waals surface area contributed by atoms with Crippen LogP contribution in [0, 0.1) is 0 Å². The zero-order chi connectivity index (χ0) is 21.7. The predicted octanol–water partition coefficient (Wildman–Crippen LogP) is 2.82. The van der Waals surface area contributed by atoms with Gasteiger partial charge in [0.1, 0.15) is 30.6 Å². The van der Waals surface area contributed by atoms with Gasteiger partial charge in [0.2, 0.25) is 0 Å². The average molecular weight is 413 g/mol. The molecule has 1 aromatic heterocycles. The van der Waals surface area contributed by atoms with Crippen molar-refractivity contribution in [2.24, 2.45) is 0 Å². The average Bonchev–Trinajstić information content (AvgIpc) is 2.73. The summed E-state index contributed by atoms with van der Waals surface area (Å²) in [5.74, 6) is 1.45. The summed E-state index contributed by atoms with van der Waals surface area (Å²) >= 11 is 0. The van der Waals surface area contributed by atoms with Crippen LogP contribution in [0.15, 0.2) is 42.6 Å². The van der Waals surface area contributed by atoms with E-state index in [1.807, 2.05) is 32.9 Å². The molecule has 2 amide bonds. The van der Waals surface area contributed by atoms with Crippen molar-refractivity contribution in [1.29, 1.82) is 0 Å². The summed E-state index contributed by atoms with van der Waals surface area (Å²) < 4.78 is 10.5. The molecule has 3 rings (SSSR count). The highest BCUT2D eigenvalue weighted by atomic mass is 16.6. The monoisotopic (exact) mass is 413 g/mol. The Labute approximate surface area is 176 Å². The van der Waals surface area contributed by atoms with Crippen LogP contribution in [0.3, 0.4) is 0 Å². The molecule has 0 bridgehead atoms. The standard InChI is InChI=1S/C22H28N4O4/c1-22(2,3)30-21(28)26-13-11-25(12-14-26)19-10-7-17(15-23-19)24-20(27)16-5-8-18(29-4)9-6-16/h5-10,15H,11-14H2,1-4H3,(H,24,27)/p+1. The Morgan fingerprint density at radius 1 is 1.00 bits per heavy atom. The molecular formula is C22H29N4O4+.